The number of imide groups is 1. The van der Waals surface area contributed by atoms with Gasteiger partial charge in [-0.2, -0.15) is 0 Å². The Labute approximate surface area is 178 Å². The van der Waals surface area contributed by atoms with E-state index in [-0.39, 0.29) is 11.9 Å². The molecule has 1 aromatic carbocycles. The normalized spacial score (nSPS) is 24.7. The molecule has 2 fully saturated rings. The second kappa shape index (κ2) is 8.93. The molecule has 0 spiro atoms. The van der Waals surface area contributed by atoms with Crippen molar-refractivity contribution in [1.82, 2.24) is 19.6 Å². The smallest absolute Gasteiger partial charge is 0.328 e. The van der Waals surface area contributed by atoms with E-state index >= 15 is 0 Å². The molecule has 162 valence electrons. The van der Waals surface area contributed by atoms with E-state index in [4.69, 9.17) is 9.73 Å². The molecule has 2 atom stereocenters. The summed E-state index contributed by atoms with van der Waals surface area (Å²) in [5.74, 6) is 1.52. The van der Waals surface area contributed by atoms with Crippen LogP contribution in [0.15, 0.2) is 35.3 Å². The Hall–Kier alpha value is -2.77. The second-order valence-electron chi connectivity index (χ2n) is 8.19. The molecule has 3 heterocycles. The van der Waals surface area contributed by atoms with Gasteiger partial charge in [0.05, 0.1) is 6.61 Å². The van der Waals surface area contributed by atoms with E-state index in [1.54, 1.807) is 19.0 Å². The fourth-order valence-corrected chi connectivity index (χ4v) is 4.46. The van der Waals surface area contributed by atoms with Crippen molar-refractivity contribution in [2.24, 2.45) is 4.99 Å². The number of hydrogen-bond acceptors (Lipinski definition) is 6. The van der Waals surface area contributed by atoms with Crippen molar-refractivity contribution in [2.75, 3.05) is 40.3 Å². The fraction of sp³-hybridized carbons (Fsp3) is 0.591. The third-order valence-corrected chi connectivity index (χ3v) is 6.14. The summed E-state index contributed by atoms with van der Waals surface area (Å²) >= 11 is 0. The summed E-state index contributed by atoms with van der Waals surface area (Å²) < 4.78 is 5.85. The second-order valence-corrected chi connectivity index (χ2v) is 8.19. The lowest BCUT2D eigenvalue weighted by Crippen LogP contribution is -2.64. The van der Waals surface area contributed by atoms with Gasteiger partial charge in [-0.15, -0.1) is 0 Å². The largest absolute Gasteiger partial charge is 0.494 e. The Morgan fingerprint density at radius 3 is 2.43 bits per heavy atom. The zero-order chi connectivity index (χ0) is 21.1. The van der Waals surface area contributed by atoms with Crippen LogP contribution in [-0.2, 0) is 4.79 Å². The van der Waals surface area contributed by atoms with E-state index in [0.717, 1.165) is 44.1 Å². The maximum absolute atomic E-state index is 13.0. The molecule has 2 unspecified atom stereocenters. The Balaban J connectivity index is 1.50. The molecule has 0 aliphatic carbocycles. The molecular weight excluding hydrogens is 382 g/mol. The summed E-state index contributed by atoms with van der Waals surface area (Å²) in [6.07, 6.45) is 5.00. The highest BCUT2D eigenvalue weighted by Crippen LogP contribution is 2.29. The standard InChI is InChI=1S/C22H31N5O3/c1-24-19-18(20(28)25(2)22(24)29)27(15-10-16-30-17-11-6-5-7-12-17)21(23-19)26-13-8-3-4-9-14-26/h5-7,11-12,18-19H,3-4,8-10,13-16H2,1-2H3. The van der Waals surface area contributed by atoms with Gasteiger partial charge in [-0.25, -0.2) is 9.79 Å². The first-order valence-corrected chi connectivity index (χ1v) is 10.9. The van der Waals surface area contributed by atoms with Gasteiger partial charge in [0.2, 0.25) is 0 Å². The molecule has 8 heteroatoms. The van der Waals surface area contributed by atoms with E-state index in [9.17, 15) is 9.59 Å². The maximum Gasteiger partial charge on any atom is 0.328 e. The number of amides is 3. The molecule has 0 aromatic heterocycles. The summed E-state index contributed by atoms with van der Waals surface area (Å²) in [6.45, 7) is 3.10. The summed E-state index contributed by atoms with van der Waals surface area (Å²) in [7, 11) is 3.28. The first-order chi connectivity index (χ1) is 14.6. The van der Waals surface area contributed by atoms with Crippen LogP contribution in [0.4, 0.5) is 4.79 Å². The van der Waals surface area contributed by atoms with E-state index in [1.807, 2.05) is 30.3 Å². The van der Waals surface area contributed by atoms with Crippen LogP contribution >= 0.6 is 0 Å². The number of guanidine groups is 1. The van der Waals surface area contributed by atoms with Gasteiger partial charge < -0.3 is 19.4 Å². The Kier molecular flexibility index (Phi) is 6.11. The van der Waals surface area contributed by atoms with Gasteiger partial charge in [0.15, 0.2) is 18.2 Å². The third-order valence-electron chi connectivity index (χ3n) is 6.14. The highest BCUT2D eigenvalue weighted by molar-refractivity contribution is 6.03. The lowest BCUT2D eigenvalue weighted by atomic mass is 10.1. The van der Waals surface area contributed by atoms with E-state index < -0.39 is 12.2 Å². The highest BCUT2D eigenvalue weighted by Gasteiger charge is 2.51. The van der Waals surface area contributed by atoms with Crippen LogP contribution < -0.4 is 4.74 Å². The third kappa shape index (κ3) is 3.95. The predicted octanol–water partition coefficient (Wildman–Crippen LogP) is 2.22. The highest BCUT2D eigenvalue weighted by atomic mass is 16.5. The van der Waals surface area contributed by atoms with Gasteiger partial charge in [0.25, 0.3) is 5.91 Å². The summed E-state index contributed by atoms with van der Waals surface area (Å²) in [5, 5.41) is 0. The number of carbonyl (C=O) groups is 2. The minimum atomic E-state index is -0.465. The summed E-state index contributed by atoms with van der Waals surface area (Å²) in [6, 6.07) is 8.99. The Morgan fingerprint density at radius 1 is 1.03 bits per heavy atom. The van der Waals surface area contributed by atoms with Crippen LogP contribution in [0.2, 0.25) is 0 Å². The van der Waals surface area contributed by atoms with Gasteiger partial charge in [0.1, 0.15) is 5.75 Å². The molecule has 0 N–H and O–H groups in total. The van der Waals surface area contributed by atoms with E-state index in [1.165, 1.54) is 17.7 Å². The molecule has 0 bridgehead atoms. The number of para-hydroxylation sites is 1. The number of ether oxygens (including phenoxy) is 1. The van der Waals surface area contributed by atoms with Crippen molar-refractivity contribution < 1.29 is 14.3 Å². The zero-order valence-corrected chi connectivity index (χ0v) is 17.9. The van der Waals surface area contributed by atoms with Crippen LogP contribution in [-0.4, -0.2) is 90.0 Å². The lowest BCUT2D eigenvalue weighted by molar-refractivity contribution is -0.136. The van der Waals surface area contributed by atoms with Gasteiger partial charge in [0, 0.05) is 33.7 Å². The predicted molar refractivity (Wildman–Crippen MR) is 114 cm³/mol. The number of likely N-dealkylation sites (N-methyl/N-ethyl adjacent to an activating group) is 2. The molecule has 2 saturated heterocycles. The van der Waals surface area contributed by atoms with Crippen molar-refractivity contribution in [2.45, 2.75) is 44.3 Å². The molecule has 4 rings (SSSR count). The Bertz CT molecular complexity index is 791. The summed E-state index contributed by atoms with van der Waals surface area (Å²) in [4.78, 5) is 37.6. The monoisotopic (exact) mass is 413 g/mol. The first-order valence-electron chi connectivity index (χ1n) is 10.9. The molecule has 0 radical (unpaired) electrons. The van der Waals surface area contributed by atoms with Crippen LogP contribution in [0.25, 0.3) is 0 Å². The number of hydrogen-bond donors (Lipinski definition) is 0. The molecule has 1 aromatic rings. The number of fused-ring (bicyclic) bond motifs is 1. The van der Waals surface area contributed by atoms with Crippen molar-refractivity contribution in [3.05, 3.63) is 30.3 Å². The molecular formula is C22H31N5O3. The van der Waals surface area contributed by atoms with Crippen molar-refractivity contribution in [3.8, 4) is 5.75 Å². The average molecular weight is 414 g/mol. The maximum atomic E-state index is 13.0. The van der Waals surface area contributed by atoms with Crippen molar-refractivity contribution >= 4 is 17.9 Å². The van der Waals surface area contributed by atoms with E-state index in [0.29, 0.717) is 13.2 Å². The molecule has 8 nitrogen and oxygen atoms in total. The number of urea groups is 1. The molecule has 3 amide bonds. The SMILES string of the molecule is CN1C(=O)C2C(N=C(N3CCCCCC3)N2CCCOc2ccccc2)N(C)C1=O. The minimum Gasteiger partial charge on any atom is -0.494 e. The van der Waals surface area contributed by atoms with Gasteiger partial charge in [-0.1, -0.05) is 31.0 Å². The number of likely N-dealkylation sites (tertiary alicyclic amines) is 1. The average Bonchev–Trinajstić information content (AvgIpc) is 2.94. The summed E-state index contributed by atoms with van der Waals surface area (Å²) in [5.41, 5.74) is 0. The van der Waals surface area contributed by atoms with Crippen molar-refractivity contribution in [1.29, 1.82) is 0 Å². The van der Waals surface area contributed by atoms with Crippen molar-refractivity contribution in [3.63, 3.8) is 0 Å². The van der Waals surface area contributed by atoms with Gasteiger partial charge in [-0.05, 0) is 31.4 Å². The fourth-order valence-electron chi connectivity index (χ4n) is 4.46. The molecule has 30 heavy (non-hydrogen) atoms. The van der Waals surface area contributed by atoms with Crippen LogP contribution in [0.5, 0.6) is 5.75 Å². The van der Waals surface area contributed by atoms with E-state index in [2.05, 4.69) is 9.80 Å². The topological polar surface area (TPSA) is 68.7 Å². The number of rotatable bonds is 5. The molecule has 3 aliphatic rings. The zero-order valence-electron chi connectivity index (χ0n) is 17.9. The number of nitrogens with zero attached hydrogens (tertiary/aromatic N) is 5. The first kappa shape index (κ1) is 20.5. The molecule has 3 aliphatic heterocycles. The number of aliphatic imine (C=N–C) groups is 1. The lowest BCUT2D eigenvalue weighted by Gasteiger charge is -2.40. The number of carbonyl (C=O) groups excluding carboxylic acids is 2. The van der Waals surface area contributed by atoms with Gasteiger partial charge in [-0.3, -0.25) is 9.69 Å². The Morgan fingerprint density at radius 2 is 1.73 bits per heavy atom. The number of benzene rings is 1. The minimum absolute atomic E-state index is 0.180. The van der Waals surface area contributed by atoms with Crippen LogP contribution in [0.3, 0.4) is 0 Å². The quantitative estimate of drug-likeness (QED) is 0.693. The van der Waals surface area contributed by atoms with Gasteiger partial charge >= 0.3 is 6.03 Å². The van der Waals surface area contributed by atoms with Crippen LogP contribution in [0, 0.1) is 0 Å². The van der Waals surface area contributed by atoms with Crippen LogP contribution in [0.1, 0.15) is 32.1 Å². The molecule has 0 saturated carbocycles.